The third-order valence-electron chi connectivity index (χ3n) is 2.21. The molecule has 1 aromatic carbocycles. The summed E-state index contributed by atoms with van der Waals surface area (Å²) in [4.78, 5) is 20.8. The molecule has 0 fully saturated rings. The van der Waals surface area contributed by atoms with E-state index >= 15 is 0 Å². The van der Waals surface area contributed by atoms with Gasteiger partial charge in [-0.15, -0.1) is 11.6 Å². The maximum absolute atomic E-state index is 13.5. The number of hydrogen-bond donors (Lipinski definition) is 0. The lowest BCUT2D eigenvalue weighted by molar-refractivity contribution is -0.385. The molecule has 18 heavy (non-hydrogen) atoms. The van der Waals surface area contributed by atoms with Gasteiger partial charge in [0.15, 0.2) is 11.6 Å². The first kappa shape index (κ1) is 14.3. The fraction of sp³-hybridized carbons (Fsp3) is 0.300. The highest BCUT2D eigenvalue weighted by Gasteiger charge is 2.26. The van der Waals surface area contributed by atoms with Gasteiger partial charge in [0, 0.05) is 12.5 Å². The van der Waals surface area contributed by atoms with Crippen LogP contribution in [-0.2, 0) is 16.0 Å². The number of carbonyl (C=O) groups is 1. The van der Waals surface area contributed by atoms with Gasteiger partial charge in [-0.05, 0) is 6.07 Å². The molecule has 0 saturated carbocycles. The van der Waals surface area contributed by atoms with Crippen molar-refractivity contribution in [1.82, 2.24) is 0 Å². The molecule has 1 aromatic rings. The summed E-state index contributed by atoms with van der Waals surface area (Å²) >= 11 is 5.58. The van der Waals surface area contributed by atoms with Crippen LogP contribution in [0, 0.1) is 21.7 Å². The molecule has 0 saturated heterocycles. The Morgan fingerprint density at radius 1 is 1.56 bits per heavy atom. The smallest absolute Gasteiger partial charge is 0.324 e. The van der Waals surface area contributed by atoms with E-state index < -0.39 is 45.6 Å². The van der Waals surface area contributed by atoms with Crippen LogP contribution in [0.2, 0.25) is 0 Å². The van der Waals surface area contributed by atoms with Crippen molar-refractivity contribution in [2.75, 3.05) is 7.11 Å². The van der Waals surface area contributed by atoms with Gasteiger partial charge < -0.3 is 4.74 Å². The van der Waals surface area contributed by atoms with Gasteiger partial charge >= 0.3 is 5.97 Å². The predicted octanol–water partition coefficient (Wildman–Crippen LogP) is 2.20. The second kappa shape index (κ2) is 5.72. The molecule has 5 nitrogen and oxygen atoms in total. The third kappa shape index (κ3) is 2.92. The monoisotopic (exact) mass is 279 g/mol. The molecule has 0 aliphatic rings. The average molecular weight is 280 g/mol. The molecule has 1 rings (SSSR count). The van der Waals surface area contributed by atoms with Gasteiger partial charge in [-0.2, -0.15) is 0 Å². The Hall–Kier alpha value is -1.76. The highest BCUT2D eigenvalue weighted by atomic mass is 35.5. The molecule has 0 bridgehead atoms. The van der Waals surface area contributed by atoms with Crippen molar-refractivity contribution < 1.29 is 23.2 Å². The summed E-state index contributed by atoms with van der Waals surface area (Å²) in [7, 11) is 1.06. The summed E-state index contributed by atoms with van der Waals surface area (Å²) in [6, 6.07) is 1.45. The molecule has 1 atom stereocenters. The third-order valence-corrected chi connectivity index (χ3v) is 2.54. The van der Waals surface area contributed by atoms with Crippen LogP contribution in [-0.4, -0.2) is 23.4 Å². The number of halogens is 3. The molecular formula is C10H8ClF2NO4. The van der Waals surface area contributed by atoms with Crippen molar-refractivity contribution in [3.63, 3.8) is 0 Å². The minimum Gasteiger partial charge on any atom is -0.468 e. The molecule has 0 spiro atoms. The minimum atomic E-state index is -1.39. The van der Waals surface area contributed by atoms with Gasteiger partial charge in [-0.3, -0.25) is 14.9 Å². The zero-order chi connectivity index (χ0) is 13.9. The molecule has 0 radical (unpaired) electrons. The Labute approximate surface area is 105 Å². The van der Waals surface area contributed by atoms with Gasteiger partial charge in [0.1, 0.15) is 5.38 Å². The van der Waals surface area contributed by atoms with Crippen LogP contribution in [0.1, 0.15) is 5.56 Å². The van der Waals surface area contributed by atoms with Crippen LogP contribution < -0.4 is 0 Å². The molecule has 8 heteroatoms. The van der Waals surface area contributed by atoms with Gasteiger partial charge in [0.2, 0.25) is 0 Å². The molecule has 0 aliphatic carbocycles. The molecule has 0 N–H and O–H groups in total. The van der Waals surface area contributed by atoms with Gasteiger partial charge in [-0.25, -0.2) is 8.78 Å². The summed E-state index contributed by atoms with van der Waals surface area (Å²) < 4.78 is 30.8. The fourth-order valence-electron chi connectivity index (χ4n) is 1.34. The number of nitrogens with zero attached hydrogens (tertiary/aromatic N) is 1. The van der Waals surface area contributed by atoms with Crippen LogP contribution in [0.4, 0.5) is 14.5 Å². The first-order chi connectivity index (χ1) is 8.38. The Bertz CT molecular complexity index is 495. The highest BCUT2D eigenvalue weighted by molar-refractivity contribution is 6.30. The lowest BCUT2D eigenvalue weighted by Crippen LogP contribution is -2.20. The Morgan fingerprint density at radius 2 is 2.17 bits per heavy atom. The number of hydrogen-bond acceptors (Lipinski definition) is 4. The second-order valence-corrected chi connectivity index (χ2v) is 3.84. The number of methoxy groups -OCH3 is 1. The largest absolute Gasteiger partial charge is 0.468 e. The zero-order valence-corrected chi connectivity index (χ0v) is 9.91. The number of nitro benzene ring substituents is 1. The van der Waals surface area contributed by atoms with Gasteiger partial charge in [0.05, 0.1) is 17.6 Å². The van der Waals surface area contributed by atoms with Crippen LogP contribution >= 0.6 is 11.6 Å². The molecule has 0 aromatic heterocycles. The van der Waals surface area contributed by atoms with Gasteiger partial charge in [0.25, 0.3) is 5.69 Å². The van der Waals surface area contributed by atoms with Crippen molar-refractivity contribution in [3.8, 4) is 0 Å². The Kier molecular flexibility index (Phi) is 4.55. The quantitative estimate of drug-likeness (QED) is 0.367. The second-order valence-electron chi connectivity index (χ2n) is 3.31. The molecule has 0 aliphatic heterocycles. The summed E-state index contributed by atoms with van der Waals surface area (Å²) in [6.45, 7) is 0. The van der Waals surface area contributed by atoms with E-state index in [4.69, 9.17) is 11.6 Å². The average Bonchev–Trinajstić information content (AvgIpc) is 2.33. The zero-order valence-electron chi connectivity index (χ0n) is 9.15. The predicted molar refractivity (Wildman–Crippen MR) is 58.4 cm³/mol. The summed E-state index contributed by atoms with van der Waals surface area (Å²) in [5.74, 6) is -3.52. The molecule has 0 amide bonds. The van der Waals surface area contributed by atoms with Crippen LogP contribution in [0.15, 0.2) is 12.1 Å². The number of carbonyl (C=O) groups excluding carboxylic acids is 1. The number of nitro groups is 1. The standard InChI is InChI=1S/C10H8ClF2NO4/c1-18-10(15)6(11)4-5-8(14(16)17)3-2-7(12)9(5)13/h2-3,6H,4H2,1H3. The van der Waals surface area contributed by atoms with Crippen molar-refractivity contribution in [1.29, 1.82) is 0 Å². The summed E-state index contributed by atoms with van der Waals surface area (Å²) in [5.41, 5.74) is -1.20. The fourth-order valence-corrected chi connectivity index (χ4v) is 1.58. The minimum absolute atomic E-state index is 0.534. The lowest BCUT2D eigenvalue weighted by Gasteiger charge is -2.09. The van der Waals surface area contributed by atoms with Crippen molar-refractivity contribution in [2.24, 2.45) is 0 Å². The SMILES string of the molecule is COC(=O)C(Cl)Cc1c([N+](=O)[O-])ccc(F)c1F. The van der Waals surface area contributed by atoms with E-state index in [0.717, 1.165) is 13.2 Å². The maximum atomic E-state index is 13.5. The van der Waals surface area contributed by atoms with E-state index in [1.54, 1.807) is 0 Å². The normalized spacial score (nSPS) is 12.0. The van der Waals surface area contributed by atoms with Crippen LogP contribution in [0.5, 0.6) is 0 Å². The van der Waals surface area contributed by atoms with Crippen molar-refractivity contribution in [2.45, 2.75) is 11.8 Å². The molecule has 98 valence electrons. The van der Waals surface area contributed by atoms with Crippen molar-refractivity contribution in [3.05, 3.63) is 39.4 Å². The van der Waals surface area contributed by atoms with E-state index in [-0.39, 0.29) is 0 Å². The summed E-state index contributed by atoms with van der Waals surface area (Å²) in [5, 5.41) is 9.33. The number of benzene rings is 1. The Balaban J connectivity index is 3.17. The van der Waals surface area contributed by atoms with E-state index in [9.17, 15) is 23.7 Å². The van der Waals surface area contributed by atoms with E-state index in [2.05, 4.69) is 4.74 Å². The van der Waals surface area contributed by atoms with Crippen LogP contribution in [0.3, 0.4) is 0 Å². The number of ether oxygens (including phenoxy) is 1. The molecule has 1 unspecified atom stereocenters. The number of rotatable bonds is 4. The Morgan fingerprint density at radius 3 is 2.67 bits per heavy atom. The first-order valence-corrected chi connectivity index (χ1v) is 5.15. The van der Waals surface area contributed by atoms with E-state index in [1.165, 1.54) is 0 Å². The van der Waals surface area contributed by atoms with E-state index in [0.29, 0.717) is 6.07 Å². The van der Waals surface area contributed by atoms with Gasteiger partial charge in [-0.1, -0.05) is 0 Å². The maximum Gasteiger partial charge on any atom is 0.324 e. The van der Waals surface area contributed by atoms with Crippen LogP contribution in [0.25, 0.3) is 0 Å². The molecular weight excluding hydrogens is 272 g/mol. The molecule has 0 heterocycles. The van der Waals surface area contributed by atoms with Crippen molar-refractivity contribution >= 4 is 23.3 Å². The first-order valence-electron chi connectivity index (χ1n) is 4.71. The number of esters is 1. The summed E-state index contributed by atoms with van der Waals surface area (Å²) in [6.07, 6.45) is -0.534. The van der Waals surface area contributed by atoms with E-state index in [1.807, 2.05) is 0 Å². The highest BCUT2D eigenvalue weighted by Crippen LogP contribution is 2.26. The topological polar surface area (TPSA) is 69.4 Å². The lowest BCUT2D eigenvalue weighted by atomic mass is 10.1. The number of alkyl halides is 1.